The third-order valence-corrected chi connectivity index (χ3v) is 3.50. The lowest BCUT2D eigenvalue weighted by Gasteiger charge is -2.39. The number of piperidine rings is 1. The molecule has 19 heavy (non-hydrogen) atoms. The lowest BCUT2D eigenvalue weighted by Crippen LogP contribution is -2.58. The second-order valence-corrected chi connectivity index (χ2v) is 4.79. The van der Waals surface area contributed by atoms with Gasteiger partial charge in [0.1, 0.15) is 18.9 Å². The molecule has 0 spiro atoms. The first-order valence-corrected chi connectivity index (χ1v) is 6.26. The van der Waals surface area contributed by atoms with Crippen LogP contribution < -0.4 is 0 Å². The lowest BCUT2D eigenvalue weighted by molar-refractivity contribution is -0.119. The van der Waals surface area contributed by atoms with Crippen LogP contribution in [0.15, 0.2) is 35.3 Å². The van der Waals surface area contributed by atoms with E-state index in [1.54, 1.807) is 0 Å². The predicted octanol–water partition coefficient (Wildman–Crippen LogP) is -0.181. The number of aliphatic hydroxyl groups is 3. The summed E-state index contributed by atoms with van der Waals surface area (Å²) in [5.74, 6) is 0. The molecule has 2 saturated heterocycles. The van der Waals surface area contributed by atoms with Crippen LogP contribution in [0, 0.1) is 0 Å². The fourth-order valence-corrected chi connectivity index (χ4v) is 2.50. The fraction of sp³-hybridized carbons (Fsp3) is 0.462. The minimum atomic E-state index is -0.938. The summed E-state index contributed by atoms with van der Waals surface area (Å²) in [6, 6.07) is 9.08. The van der Waals surface area contributed by atoms with E-state index in [9.17, 15) is 15.3 Å². The molecule has 4 atom stereocenters. The van der Waals surface area contributed by atoms with Gasteiger partial charge in [-0.1, -0.05) is 18.2 Å². The van der Waals surface area contributed by atoms with E-state index in [-0.39, 0.29) is 19.0 Å². The van der Waals surface area contributed by atoms with E-state index in [0.29, 0.717) is 5.69 Å². The third kappa shape index (κ3) is 2.18. The first kappa shape index (κ1) is 12.4. The standard InChI is InChI=1S/C13H16N2O4/c16-10-6-11(17)15-9(12(10)18)7-19-13(15)14-8-4-2-1-3-5-8/h1-5,9-12,16-18H,6-7H2/t9?,10?,11-,12-/m1/s1. The molecule has 3 rings (SSSR count). The lowest BCUT2D eigenvalue weighted by atomic mass is 9.96. The number of benzene rings is 1. The van der Waals surface area contributed by atoms with Crippen LogP contribution in [0.5, 0.6) is 0 Å². The van der Waals surface area contributed by atoms with Crippen molar-refractivity contribution >= 4 is 11.7 Å². The third-order valence-electron chi connectivity index (χ3n) is 3.50. The van der Waals surface area contributed by atoms with Crippen LogP contribution in [-0.4, -0.2) is 57.3 Å². The molecule has 0 bridgehead atoms. The van der Waals surface area contributed by atoms with Gasteiger partial charge in [0.2, 0.25) is 0 Å². The zero-order chi connectivity index (χ0) is 13.4. The zero-order valence-electron chi connectivity index (χ0n) is 10.3. The Bertz CT molecular complexity index is 479. The van der Waals surface area contributed by atoms with Gasteiger partial charge < -0.3 is 20.1 Å². The van der Waals surface area contributed by atoms with Gasteiger partial charge in [0, 0.05) is 6.42 Å². The second-order valence-electron chi connectivity index (χ2n) is 4.79. The van der Waals surface area contributed by atoms with E-state index in [0.717, 1.165) is 0 Å². The number of aliphatic hydroxyl groups excluding tert-OH is 3. The number of ether oxygens (including phenoxy) is 1. The van der Waals surface area contributed by atoms with Gasteiger partial charge in [-0.15, -0.1) is 0 Å². The van der Waals surface area contributed by atoms with Gasteiger partial charge in [-0.25, -0.2) is 0 Å². The molecule has 2 heterocycles. The van der Waals surface area contributed by atoms with Crippen LogP contribution in [0.1, 0.15) is 6.42 Å². The van der Waals surface area contributed by atoms with Crippen molar-refractivity contribution in [1.29, 1.82) is 0 Å². The highest BCUT2D eigenvalue weighted by Crippen LogP contribution is 2.29. The van der Waals surface area contributed by atoms with E-state index in [2.05, 4.69) is 4.99 Å². The van der Waals surface area contributed by atoms with Gasteiger partial charge in [0.05, 0.1) is 17.8 Å². The number of fused-ring (bicyclic) bond motifs is 1. The van der Waals surface area contributed by atoms with E-state index in [1.807, 2.05) is 30.3 Å². The number of rotatable bonds is 1. The van der Waals surface area contributed by atoms with Crippen LogP contribution >= 0.6 is 0 Å². The molecule has 0 saturated carbocycles. The maximum Gasteiger partial charge on any atom is 0.295 e. The molecule has 6 nitrogen and oxygen atoms in total. The van der Waals surface area contributed by atoms with Gasteiger partial charge in [-0.2, -0.15) is 4.99 Å². The molecule has 0 amide bonds. The highest BCUT2D eigenvalue weighted by Gasteiger charge is 2.47. The molecule has 102 valence electrons. The van der Waals surface area contributed by atoms with Gasteiger partial charge in [0.15, 0.2) is 0 Å². The van der Waals surface area contributed by atoms with Gasteiger partial charge in [-0.05, 0) is 12.1 Å². The summed E-state index contributed by atoms with van der Waals surface area (Å²) in [7, 11) is 0. The highest BCUT2D eigenvalue weighted by molar-refractivity contribution is 5.79. The molecule has 3 N–H and O–H groups in total. The highest BCUT2D eigenvalue weighted by atomic mass is 16.5. The van der Waals surface area contributed by atoms with E-state index in [1.165, 1.54) is 4.90 Å². The van der Waals surface area contributed by atoms with E-state index < -0.39 is 24.5 Å². The topological polar surface area (TPSA) is 85.5 Å². The van der Waals surface area contributed by atoms with Crippen LogP contribution in [0.2, 0.25) is 0 Å². The van der Waals surface area contributed by atoms with Crippen molar-refractivity contribution in [3.8, 4) is 0 Å². The molecule has 1 aromatic carbocycles. The van der Waals surface area contributed by atoms with Gasteiger partial charge >= 0.3 is 0 Å². The Morgan fingerprint density at radius 2 is 1.89 bits per heavy atom. The van der Waals surface area contributed by atoms with Gasteiger partial charge in [0.25, 0.3) is 6.02 Å². The molecule has 2 unspecified atom stereocenters. The Labute approximate surface area is 110 Å². The minimum absolute atomic E-state index is 0.0782. The summed E-state index contributed by atoms with van der Waals surface area (Å²) in [5, 5.41) is 29.6. The summed E-state index contributed by atoms with van der Waals surface area (Å²) in [6.07, 6.45) is -2.69. The van der Waals surface area contributed by atoms with Crippen molar-refractivity contribution in [1.82, 2.24) is 4.90 Å². The Hall–Kier alpha value is -1.63. The zero-order valence-corrected chi connectivity index (χ0v) is 10.3. The number of nitrogens with zero attached hydrogens (tertiary/aromatic N) is 2. The summed E-state index contributed by atoms with van der Waals surface area (Å²) in [6.45, 7) is 0.209. The molecular weight excluding hydrogens is 248 g/mol. The summed E-state index contributed by atoms with van der Waals surface area (Å²) < 4.78 is 5.44. The Balaban J connectivity index is 1.88. The van der Waals surface area contributed by atoms with E-state index in [4.69, 9.17) is 4.74 Å². The van der Waals surface area contributed by atoms with Crippen molar-refractivity contribution in [2.45, 2.75) is 30.9 Å². The average Bonchev–Trinajstić information content (AvgIpc) is 2.82. The Kier molecular flexibility index (Phi) is 3.14. The maximum absolute atomic E-state index is 10.0. The van der Waals surface area contributed by atoms with Crippen molar-refractivity contribution in [2.24, 2.45) is 4.99 Å². The SMILES string of the molecule is OC1C[C@@H](O)N2C(=Nc3ccccc3)OCC2[C@H]1O. The van der Waals surface area contributed by atoms with Crippen LogP contribution in [-0.2, 0) is 4.74 Å². The molecule has 6 heteroatoms. The molecule has 0 radical (unpaired) electrons. The van der Waals surface area contributed by atoms with Crippen molar-refractivity contribution < 1.29 is 20.1 Å². The van der Waals surface area contributed by atoms with Gasteiger partial charge in [-0.3, -0.25) is 4.90 Å². The first-order chi connectivity index (χ1) is 9.16. The Morgan fingerprint density at radius 1 is 1.16 bits per heavy atom. The number of amidine groups is 1. The number of aliphatic imine (C=N–C) groups is 1. The molecular formula is C13H16N2O4. The number of para-hydroxylation sites is 1. The average molecular weight is 264 g/mol. The summed E-state index contributed by atoms with van der Waals surface area (Å²) in [5.41, 5.74) is 0.714. The number of hydrogen-bond donors (Lipinski definition) is 3. The maximum atomic E-state index is 10.0. The quantitative estimate of drug-likeness (QED) is 0.655. The molecule has 0 aliphatic carbocycles. The van der Waals surface area contributed by atoms with Crippen molar-refractivity contribution in [3.63, 3.8) is 0 Å². The molecule has 2 aliphatic rings. The van der Waals surface area contributed by atoms with Crippen LogP contribution in [0.4, 0.5) is 5.69 Å². The molecule has 1 aromatic rings. The van der Waals surface area contributed by atoms with Crippen molar-refractivity contribution in [3.05, 3.63) is 30.3 Å². The number of hydrogen-bond acceptors (Lipinski definition) is 5. The summed E-state index contributed by atoms with van der Waals surface area (Å²) in [4.78, 5) is 5.85. The normalized spacial score (nSPS) is 36.2. The summed E-state index contributed by atoms with van der Waals surface area (Å²) >= 11 is 0. The largest absolute Gasteiger partial charge is 0.463 e. The minimum Gasteiger partial charge on any atom is -0.463 e. The van der Waals surface area contributed by atoms with E-state index >= 15 is 0 Å². The smallest absolute Gasteiger partial charge is 0.295 e. The molecule has 0 aromatic heterocycles. The van der Waals surface area contributed by atoms with Crippen LogP contribution in [0.25, 0.3) is 0 Å². The fourth-order valence-electron chi connectivity index (χ4n) is 2.50. The monoisotopic (exact) mass is 264 g/mol. The Morgan fingerprint density at radius 3 is 2.63 bits per heavy atom. The second kappa shape index (κ2) is 4.80. The predicted molar refractivity (Wildman–Crippen MR) is 67.8 cm³/mol. The molecule has 2 fully saturated rings. The van der Waals surface area contributed by atoms with Crippen molar-refractivity contribution in [2.75, 3.05) is 6.61 Å². The van der Waals surface area contributed by atoms with Crippen LogP contribution in [0.3, 0.4) is 0 Å². The molecule has 2 aliphatic heterocycles. The first-order valence-electron chi connectivity index (χ1n) is 6.26.